The molecule has 2 saturated heterocycles. The molecule has 2 aliphatic heterocycles. The molecular weight excluding hydrogens is 266 g/mol. The Morgan fingerprint density at radius 3 is 2.48 bits per heavy atom. The van der Waals surface area contributed by atoms with Crippen LogP contribution < -0.4 is 5.32 Å². The predicted molar refractivity (Wildman–Crippen MR) is 81.4 cm³/mol. The smallest absolute Gasteiger partial charge is 0.265 e. The van der Waals surface area contributed by atoms with Crippen molar-refractivity contribution in [3.63, 3.8) is 0 Å². The van der Waals surface area contributed by atoms with Gasteiger partial charge in [0.15, 0.2) is 0 Å². The van der Waals surface area contributed by atoms with Crippen LogP contribution in [0.5, 0.6) is 0 Å². The maximum absolute atomic E-state index is 12.5. The molecule has 0 saturated carbocycles. The van der Waals surface area contributed by atoms with Gasteiger partial charge in [-0.3, -0.25) is 4.79 Å². The van der Waals surface area contributed by atoms with Gasteiger partial charge in [-0.25, -0.2) is 0 Å². The molecule has 0 bridgehead atoms. The average molecular weight is 291 g/mol. The van der Waals surface area contributed by atoms with Crippen LogP contribution in [-0.2, 0) is 4.79 Å². The number of hydrogen-bond donors (Lipinski definition) is 1. The number of rotatable bonds is 3. The summed E-state index contributed by atoms with van der Waals surface area (Å²) in [6, 6.07) is 2.32. The van der Waals surface area contributed by atoms with Gasteiger partial charge in [-0.1, -0.05) is 0 Å². The number of nitriles is 1. The minimum atomic E-state index is -0.148. The van der Waals surface area contributed by atoms with Crippen LogP contribution >= 0.6 is 0 Å². The van der Waals surface area contributed by atoms with Crippen LogP contribution in [-0.4, -0.2) is 80.0 Å². The van der Waals surface area contributed by atoms with E-state index in [1.54, 1.807) is 11.1 Å². The molecule has 0 atom stereocenters. The Balaban J connectivity index is 1.98. The van der Waals surface area contributed by atoms with Gasteiger partial charge in [-0.2, -0.15) is 5.26 Å². The Morgan fingerprint density at radius 1 is 1.29 bits per heavy atom. The van der Waals surface area contributed by atoms with Crippen molar-refractivity contribution in [1.29, 1.82) is 5.26 Å². The number of carbonyl (C=O) groups is 1. The van der Waals surface area contributed by atoms with Crippen LogP contribution in [0.4, 0.5) is 0 Å². The normalized spacial score (nSPS) is 22.0. The zero-order valence-electron chi connectivity index (χ0n) is 13.0. The Morgan fingerprint density at radius 2 is 1.90 bits per heavy atom. The van der Waals surface area contributed by atoms with Gasteiger partial charge in [0, 0.05) is 45.5 Å². The molecule has 21 heavy (non-hydrogen) atoms. The van der Waals surface area contributed by atoms with Crippen molar-refractivity contribution in [3.05, 3.63) is 11.8 Å². The van der Waals surface area contributed by atoms with Gasteiger partial charge in [-0.05, 0) is 33.0 Å². The minimum absolute atomic E-state index is 0.148. The Bertz CT molecular complexity index is 428. The molecule has 116 valence electrons. The molecule has 0 spiro atoms. The third-order valence-electron chi connectivity index (χ3n) is 4.37. The van der Waals surface area contributed by atoms with E-state index in [2.05, 4.69) is 28.2 Å². The zero-order valence-corrected chi connectivity index (χ0v) is 13.0. The molecule has 0 aromatic heterocycles. The first-order valence-corrected chi connectivity index (χ1v) is 7.64. The Hall–Kier alpha value is -1.58. The number of nitrogens with zero attached hydrogens (tertiary/aromatic N) is 4. The summed E-state index contributed by atoms with van der Waals surface area (Å²) < 4.78 is 0. The number of amides is 1. The number of likely N-dealkylation sites (tertiary alicyclic amines) is 1. The van der Waals surface area contributed by atoms with Crippen molar-refractivity contribution in [2.45, 2.75) is 18.9 Å². The predicted octanol–water partition coefficient (Wildman–Crippen LogP) is -0.148. The van der Waals surface area contributed by atoms with Crippen molar-refractivity contribution >= 4 is 5.91 Å². The Labute approximate surface area is 127 Å². The first kappa shape index (κ1) is 15.8. The highest BCUT2D eigenvalue weighted by Gasteiger charge is 2.26. The van der Waals surface area contributed by atoms with Crippen LogP contribution in [0.15, 0.2) is 11.8 Å². The molecule has 6 nitrogen and oxygen atoms in total. The maximum atomic E-state index is 12.5. The largest absolute Gasteiger partial charge is 0.374 e. The topological polar surface area (TPSA) is 62.6 Å². The fourth-order valence-corrected chi connectivity index (χ4v) is 2.86. The monoisotopic (exact) mass is 291 g/mol. The number of carbonyl (C=O) groups excluding carboxylic acids is 1. The lowest BCUT2D eigenvalue weighted by Crippen LogP contribution is -2.45. The number of hydrogen-bond acceptors (Lipinski definition) is 5. The second-order valence-electron chi connectivity index (χ2n) is 5.89. The number of nitrogens with one attached hydrogen (secondary N) is 1. The average Bonchev–Trinajstić information content (AvgIpc) is 2.53. The van der Waals surface area contributed by atoms with Gasteiger partial charge >= 0.3 is 0 Å². The molecule has 2 aliphatic rings. The molecule has 0 radical (unpaired) electrons. The van der Waals surface area contributed by atoms with Crippen molar-refractivity contribution in [1.82, 2.24) is 20.0 Å². The third kappa shape index (κ3) is 4.19. The second-order valence-corrected chi connectivity index (χ2v) is 5.89. The molecule has 1 N–H and O–H groups in total. The molecule has 2 fully saturated rings. The van der Waals surface area contributed by atoms with Gasteiger partial charge < -0.3 is 20.0 Å². The summed E-state index contributed by atoms with van der Waals surface area (Å²) in [5, 5.41) is 12.6. The summed E-state index contributed by atoms with van der Waals surface area (Å²) in [7, 11) is 3.92. The summed E-state index contributed by atoms with van der Waals surface area (Å²) in [6.45, 7) is 5.49. The number of likely N-dealkylation sites (N-methyl/N-ethyl adjacent to an activating group) is 1. The van der Waals surface area contributed by atoms with Crippen molar-refractivity contribution < 1.29 is 4.79 Å². The summed E-state index contributed by atoms with van der Waals surface area (Å²) in [4.78, 5) is 18.6. The fraction of sp³-hybridized carbons (Fsp3) is 0.733. The van der Waals surface area contributed by atoms with Gasteiger partial charge in [0.05, 0.1) is 0 Å². The summed E-state index contributed by atoms with van der Waals surface area (Å²) >= 11 is 0. The first-order chi connectivity index (χ1) is 10.1. The van der Waals surface area contributed by atoms with Crippen LogP contribution in [0.25, 0.3) is 0 Å². The lowest BCUT2D eigenvalue weighted by molar-refractivity contribution is -0.128. The highest BCUT2D eigenvalue weighted by atomic mass is 16.2. The lowest BCUT2D eigenvalue weighted by atomic mass is 10.0. The highest BCUT2D eigenvalue weighted by molar-refractivity contribution is 5.97. The van der Waals surface area contributed by atoms with Gasteiger partial charge in [-0.15, -0.1) is 0 Å². The standard InChI is InChI=1S/C15H25N5O/c1-18-7-3-14(4-8-18)19(2)15(21)13(11-16)12-20-9-5-17-6-10-20/h12,14,17H,3-10H2,1-2H3/b13-12-. The molecule has 0 aromatic carbocycles. The third-order valence-corrected chi connectivity index (χ3v) is 4.37. The van der Waals surface area contributed by atoms with E-state index < -0.39 is 0 Å². The van der Waals surface area contributed by atoms with E-state index in [9.17, 15) is 10.1 Å². The van der Waals surface area contributed by atoms with E-state index in [1.165, 1.54) is 0 Å². The SMILES string of the molecule is CN1CCC(N(C)C(=O)/C(C#N)=C\N2CCNCC2)CC1. The van der Waals surface area contributed by atoms with E-state index in [0.29, 0.717) is 0 Å². The van der Waals surface area contributed by atoms with Gasteiger partial charge in [0.1, 0.15) is 11.6 Å². The van der Waals surface area contributed by atoms with Crippen molar-refractivity contribution in [3.8, 4) is 6.07 Å². The molecule has 6 heteroatoms. The molecule has 2 heterocycles. The number of piperazine rings is 1. The molecule has 0 aromatic rings. The summed E-state index contributed by atoms with van der Waals surface area (Å²) in [6.07, 6.45) is 3.69. The molecule has 2 rings (SSSR count). The fourth-order valence-electron chi connectivity index (χ4n) is 2.86. The summed E-state index contributed by atoms with van der Waals surface area (Å²) in [5.41, 5.74) is 0.248. The zero-order chi connectivity index (χ0) is 15.2. The van der Waals surface area contributed by atoms with E-state index >= 15 is 0 Å². The second kappa shape index (κ2) is 7.43. The van der Waals surface area contributed by atoms with Crippen LogP contribution in [0.1, 0.15) is 12.8 Å². The van der Waals surface area contributed by atoms with Crippen LogP contribution in [0.2, 0.25) is 0 Å². The maximum Gasteiger partial charge on any atom is 0.265 e. The quantitative estimate of drug-likeness (QED) is 0.579. The first-order valence-electron chi connectivity index (χ1n) is 7.64. The Kier molecular flexibility index (Phi) is 5.59. The molecule has 1 amide bonds. The van der Waals surface area contributed by atoms with E-state index in [4.69, 9.17) is 0 Å². The summed E-state index contributed by atoms with van der Waals surface area (Å²) in [5.74, 6) is -0.148. The number of piperidine rings is 1. The molecular formula is C15H25N5O. The van der Waals surface area contributed by atoms with Crippen LogP contribution in [0.3, 0.4) is 0 Å². The highest BCUT2D eigenvalue weighted by Crippen LogP contribution is 2.16. The molecule has 0 aliphatic carbocycles. The van der Waals surface area contributed by atoms with Crippen LogP contribution in [0, 0.1) is 11.3 Å². The van der Waals surface area contributed by atoms with Gasteiger partial charge in [0.25, 0.3) is 5.91 Å². The van der Waals surface area contributed by atoms with Crippen molar-refractivity contribution in [2.75, 3.05) is 53.4 Å². The van der Waals surface area contributed by atoms with Gasteiger partial charge in [0.2, 0.25) is 0 Å². The molecule has 0 unspecified atom stereocenters. The lowest BCUT2D eigenvalue weighted by Gasteiger charge is -2.35. The van der Waals surface area contributed by atoms with Crippen molar-refractivity contribution in [2.24, 2.45) is 0 Å². The van der Waals surface area contributed by atoms with E-state index in [0.717, 1.165) is 52.1 Å². The minimum Gasteiger partial charge on any atom is -0.374 e. The van der Waals surface area contributed by atoms with E-state index in [-0.39, 0.29) is 17.5 Å². The van der Waals surface area contributed by atoms with E-state index in [1.807, 2.05) is 7.05 Å².